The number of halogens is 2. The van der Waals surface area contributed by atoms with Gasteiger partial charge in [-0.25, -0.2) is 0 Å². The van der Waals surface area contributed by atoms with Crippen molar-refractivity contribution in [2.75, 3.05) is 0 Å². The summed E-state index contributed by atoms with van der Waals surface area (Å²) in [6.07, 6.45) is 0. The fraction of sp³-hybridized carbons (Fsp3) is 0.500. The maximum atomic E-state index is 3.25. The summed E-state index contributed by atoms with van der Waals surface area (Å²) in [4.78, 5) is 0. The molecule has 0 aromatic heterocycles. The first-order chi connectivity index (χ1) is 2.00. The maximum Gasteiger partial charge on any atom is 2.00 e. The zero-order chi connectivity index (χ0) is 4.00. The largest absolute Gasteiger partial charge is 2.00 e. The Bertz CT molecular complexity index is 9.65. The van der Waals surface area contributed by atoms with Crippen LogP contribution in [0.1, 0.15) is 13.8 Å². The molecule has 0 aromatic rings. The minimum atomic E-state index is 0. The van der Waals surface area contributed by atoms with Crippen molar-refractivity contribution in [3.05, 3.63) is 13.8 Å². The smallest absolute Gasteiger partial charge is 0.346 e. The van der Waals surface area contributed by atoms with E-state index in [0.717, 1.165) is 0 Å². The van der Waals surface area contributed by atoms with Crippen molar-refractivity contribution < 1.29 is 20.4 Å². The normalized spacial score (nSPS) is 1.71. The summed E-state index contributed by atoms with van der Waals surface area (Å²) < 4.78 is 0. The molecule has 0 heterocycles. The minimum Gasteiger partial charge on any atom is -0.346 e. The first-order valence-electron chi connectivity index (χ1n) is 1.41. The van der Waals surface area contributed by atoms with Crippen LogP contribution in [0.3, 0.4) is 0 Å². The topological polar surface area (TPSA) is 0 Å². The van der Waals surface area contributed by atoms with E-state index in [2.05, 4.69) is 13.8 Å². The molecule has 0 aliphatic heterocycles. The zero-order valence-corrected chi connectivity index (χ0v) is 7.73. The van der Waals surface area contributed by atoms with Crippen molar-refractivity contribution in [1.82, 2.24) is 0 Å². The molecule has 0 nitrogen and oxygen atoms in total. The molecule has 0 N–H and O–H groups in total. The predicted octanol–water partition coefficient (Wildman–Crippen LogP) is 2.52. The van der Waals surface area contributed by atoms with Crippen molar-refractivity contribution in [2.45, 2.75) is 13.8 Å². The van der Waals surface area contributed by atoms with Gasteiger partial charge in [0.15, 0.2) is 0 Å². The van der Waals surface area contributed by atoms with Gasteiger partial charge in [0.2, 0.25) is 0 Å². The SMILES string of the molecule is Cl.Cl.[CH2-]C.[CH2-]C.[Pd+2]. The van der Waals surface area contributed by atoms with Gasteiger partial charge in [0.05, 0.1) is 0 Å². The molecule has 0 saturated carbocycles. The zero-order valence-electron chi connectivity index (χ0n) is 4.55. The Balaban J connectivity index is -0.00000000267. The molecule has 0 aliphatic carbocycles. The monoisotopic (exact) mass is 236 g/mol. The predicted molar refractivity (Wildman–Crippen MR) is 36.6 cm³/mol. The number of hydrogen-bond donors (Lipinski definition) is 0. The van der Waals surface area contributed by atoms with Gasteiger partial charge in [-0.3, -0.25) is 0 Å². The van der Waals surface area contributed by atoms with Crippen LogP contribution in [0.2, 0.25) is 0 Å². The van der Waals surface area contributed by atoms with E-state index in [0.29, 0.717) is 0 Å². The van der Waals surface area contributed by atoms with E-state index in [1.807, 2.05) is 0 Å². The van der Waals surface area contributed by atoms with Gasteiger partial charge in [-0.1, -0.05) is 0 Å². The minimum absolute atomic E-state index is 0. The Morgan fingerprint density at radius 1 is 0.714 bits per heavy atom. The molecule has 0 unspecified atom stereocenters. The van der Waals surface area contributed by atoms with Crippen molar-refractivity contribution in [2.24, 2.45) is 0 Å². The molecule has 0 aromatic carbocycles. The quantitative estimate of drug-likeness (QED) is 0.449. The van der Waals surface area contributed by atoms with Gasteiger partial charge >= 0.3 is 20.4 Å². The third-order valence-corrected chi connectivity index (χ3v) is 0. The van der Waals surface area contributed by atoms with E-state index >= 15 is 0 Å². The molecule has 0 rings (SSSR count). The molecule has 0 fully saturated rings. The first kappa shape index (κ1) is 41.1. The van der Waals surface area contributed by atoms with Crippen molar-refractivity contribution in [3.8, 4) is 0 Å². The summed E-state index contributed by atoms with van der Waals surface area (Å²) in [5.74, 6) is 0. The van der Waals surface area contributed by atoms with E-state index in [9.17, 15) is 0 Å². The van der Waals surface area contributed by atoms with Crippen LogP contribution in [-0.2, 0) is 20.4 Å². The Hall–Kier alpha value is 1.24. The van der Waals surface area contributed by atoms with Crippen molar-refractivity contribution in [3.63, 3.8) is 0 Å². The van der Waals surface area contributed by atoms with E-state index in [1.165, 1.54) is 0 Å². The van der Waals surface area contributed by atoms with Gasteiger partial charge < -0.3 is 13.8 Å². The molecule has 3 heteroatoms. The van der Waals surface area contributed by atoms with Gasteiger partial charge in [0.1, 0.15) is 0 Å². The van der Waals surface area contributed by atoms with Crippen LogP contribution in [0.25, 0.3) is 0 Å². The second-order valence-corrected chi connectivity index (χ2v) is 0. The molecule has 0 bridgehead atoms. The van der Waals surface area contributed by atoms with Crippen LogP contribution in [0.4, 0.5) is 0 Å². The Kier molecular flexibility index (Phi) is 1070. The Labute approximate surface area is 72.9 Å². The third kappa shape index (κ3) is 129. The van der Waals surface area contributed by atoms with Gasteiger partial charge in [-0.05, 0) is 0 Å². The maximum absolute atomic E-state index is 3.25. The molecular weight excluding hydrogens is 225 g/mol. The first-order valence-corrected chi connectivity index (χ1v) is 1.41. The summed E-state index contributed by atoms with van der Waals surface area (Å²) >= 11 is 0. The van der Waals surface area contributed by atoms with Gasteiger partial charge in [0, 0.05) is 0 Å². The van der Waals surface area contributed by atoms with Crippen LogP contribution >= 0.6 is 24.8 Å². The van der Waals surface area contributed by atoms with Gasteiger partial charge in [-0.15, -0.1) is 24.8 Å². The van der Waals surface area contributed by atoms with Gasteiger partial charge in [0.25, 0.3) is 0 Å². The number of rotatable bonds is 0. The molecule has 0 radical (unpaired) electrons. The Morgan fingerprint density at radius 2 is 0.714 bits per heavy atom. The summed E-state index contributed by atoms with van der Waals surface area (Å²) in [6, 6.07) is 0. The van der Waals surface area contributed by atoms with E-state index < -0.39 is 0 Å². The van der Waals surface area contributed by atoms with Crippen LogP contribution in [0, 0.1) is 13.8 Å². The fourth-order valence-electron chi connectivity index (χ4n) is 0. The van der Waals surface area contributed by atoms with Crippen LogP contribution in [0.15, 0.2) is 0 Å². The molecule has 0 atom stereocenters. The van der Waals surface area contributed by atoms with Crippen LogP contribution in [0.5, 0.6) is 0 Å². The summed E-state index contributed by atoms with van der Waals surface area (Å²) in [7, 11) is 0. The molecule has 0 amide bonds. The van der Waals surface area contributed by atoms with Crippen LogP contribution < -0.4 is 0 Å². The number of hydrogen-bond acceptors (Lipinski definition) is 0. The molecule has 0 saturated heterocycles. The average molecular weight is 237 g/mol. The summed E-state index contributed by atoms with van der Waals surface area (Å²) in [5.41, 5.74) is 0. The second kappa shape index (κ2) is 183. The Morgan fingerprint density at radius 3 is 0.714 bits per heavy atom. The standard InChI is InChI=1S/2C2H5.2ClH.Pd/c2*1-2;;;/h2*1H2,2H3;2*1H;/q2*-1;;;+2. The molecule has 7 heavy (non-hydrogen) atoms. The van der Waals surface area contributed by atoms with E-state index in [-0.39, 0.29) is 45.2 Å². The van der Waals surface area contributed by atoms with Crippen LogP contribution in [-0.4, -0.2) is 0 Å². The summed E-state index contributed by atoms with van der Waals surface area (Å²) in [6.45, 7) is 10.0. The molecule has 0 aliphatic rings. The summed E-state index contributed by atoms with van der Waals surface area (Å²) in [5, 5.41) is 0. The molecule has 0 spiro atoms. The van der Waals surface area contributed by atoms with Gasteiger partial charge in [-0.2, -0.15) is 13.8 Å². The van der Waals surface area contributed by atoms with E-state index in [1.54, 1.807) is 13.8 Å². The fourth-order valence-corrected chi connectivity index (χ4v) is 0. The third-order valence-electron chi connectivity index (χ3n) is 0. The molecule has 52 valence electrons. The van der Waals surface area contributed by atoms with Crippen molar-refractivity contribution in [1.29, 1.82) is 0 Å². The van der Waals surface area contributed by atoms with Crippen molar-refractivity contribution >= 4 is 24.8 Å². The van der Waals surface area contributed by atoms with E-state index in [4.69, 9.17) is 0 Å². The average Bonchev–Trinajstić information content (AvgIpc) is 1.50. The molecular formula is C4H12Cl2Pd. The second-order valence-electron chi connectivity index (χ2n) is 0.